The van der Waals surface area contributed by atoms with Crippen molar-refractivity contribution in [2.75, 3.05) is 0 Å². The zero-order valence-electron chi connectivity index (χ0n) is 10.9. The summed E-state index contributed by atoms with van der Waals surface area (Å²) in [6, 6.07) is 17.1. The van der Waals surface area contributed by atoms with Gasteiger partial charge in [0.05, 0.1) is 6.33 Å². The molecule has 3 heteroatoms. The van der Waals surface area contributed by atoms with Gasteiger partial charge < -0.3 is 4.57 Å². The third kappa shape index (κ3) is 2.52. The molecule has 0 spiro atoms. The van der Waals surface area contributed by atoms with Crippen molar-refractivity contribution in [1.29, 1.82) is 0 Å². The van der Waals surface area contributed by atoms with Crippen molar-refractivity contribution in [2.24, 2.45) is 0 Å². The Morgan fingerprint density at radius 1 is 1.00 bits per heavy atom. The minimum atomic E-state index is 0.0568. The zero-order chi connectivity index (χ0) is 13.8. The predicted octanol–water partition coefficient (Wildman–Crippen LogP) is 3.16. The number of nitrogens with zero attached hydrogens (tertiary/aromatic N) is 2. The number of hydrogen-bond acceptors (Lipinski definition) is 2. The van der Waals surface area contributed by atoms with Crippen LogP contribution >= 0.6 is 0 Å². The highest BCUT2D eigenvalue weighted by Gasteiger charge is 2.12. The highest BCUT2D eigenvalue weighted by atomic mass is 16.1. The van der Waals surface area contributed by atoms with Crippen molar-refractivity contribution < 1.29 is 4.79 Å². The lowest BCUT2D eigenvalue weighted by molar-refractivity contribution is 0.103. The summed E-state index contributed by atoms with van der Waals surface area (Å²) in [6.45, 7) is 0.648. The van der Waals surface area contributed by atoms with E-state index in [-0.39, 0.29) is 5.78 Å². The molecule has 3 nitrogen and oxygen atoms in total. The van der Waals surface area contributed by atoms with Crippen LogP contribution in [0.4, 0.5) is 0 Å². The molecule has 0 aliphatic carbocycles. The average molecular weight is 262 g/mol. The summed E-state index contributed by atoms with van der Waals surface area (Å²) in [5, 5.41) is 0. The minimum absolute atomic E-state index is 0.0568. The first-order valence-electron chi connectivity index (χ1n) is 6.48. The Labute approximate surface area is 117 Å². The molecule has 3 rings (SSSR count). The highest BCUT2D eigenvalue weighted by molar-refractivity contribution is 6.09. The second kappa shape index (κ2) is 5.53. The molecule has 3 aromatic rings. The van der Waals surface area contributed by atoms with E-state index >= 15 is 0 Å². The van der Waals surface area contributed by atoms with E-state index in [9.17, 15) is 4.79 Å². The number of benzene rings is 2. The van der Waals surface area contributed by atoms with Crippen molar-refractivity contribution in [1.82, 2.24) is 9.55 Å². The molecule has 0 fully saturated rings. The standard InChI is InChI=1S/C17H14N2O/c20-17(14-6-2-1-3-7-14)16-9-5-4-8-15(16)12-19-11-10-18-13-19/h1-11,13H,12H2. The first kappa shape index (κ1) is 12.4. The number of aromatic nitrogens is 2. The molecule has 1 aromatic heterocycles. The molecular formula is C17H14N2O. The van der Waals surface area contributed by atoms with E-state index in [2.05, 4.69) is 4.98 Å². The number of imidazole rings is 1. The van der Waals surface area contributed by atoms with E-state index < -0.39 is 0 Å². The lowest BCUT2D eigenvalue weighted by Gasteiger charge is -2.09. The van der Waals surface area contributed by atoms with Gasteiger partial charge in [-0.1, -0.05) is 54.6 Å². The van der Waals surface area contributed by atoms with Gasteiger partial charge in [0.15, 0.2) is 5.78 Å². The van der Waals surface area contributed by atoms with E-state index in [4.69, 9.17) is 0 Å². The number of ketones is 1. The Balaban J connectivity index is 1.96. The molecular weight excluding hydrogens is 248 g/mol. The summed E-state index contributed by atoms with van der Waals surface area (Å²) in [7, 11) is 0. The molecule has 0 aliphatic rings. The Hall–Kier alpha value is -2.68. The van der Waals surface area contributed by atoms with E-state index in [0.29, 0.717) is 12.1 Å². The average Bonchev–Trinajstić information content (AvgIpc) is 3.01. The predicted molar refractivity (Wildman–Crippen MR) is 77.6 cm³/mol. The molecule has 0 unspecified atom stereocenters. The van der Waals surface area contributed by atoms with E-state index in [1.165, 1.54) is 0 Å². The summed E-state index contributed by atoms with van der Waals surface area (Å²) >= 11 is 0. The third-order valence-electron chi connectivity index (χ3n) is 3.21. The van der Waals surface area contributed by atoms with Gasteiger partial charge in [-0.3, -0.25) is 4.79 Å². The molecule has 0 saturated heterocycles. The number of rotatable bonds is 4. The van der Waals surface area contributed by atoms with E-state index in [1.54, 1.807) is 12.5 Å². The topological polar surface area (TPSA) is 34.9 Å². The van der Waals surface area contributed by atoms with Gasteiger partial charge in [-0.05, 0) is 5.56 Å². The Morgan fingerprint density at radius 2 is 1.75 bits per heavy atom. The molecule has 0 amide bonds. The van der Waals surface area contributed by atoms with Gasteiger partial charge in [0.25, 0.3) is 0 Å². The smallest absolute Gasteiger partial charge is 0.193 e. The summed E-state index contributed by atoms with van der Waals surface area (Å²) in [5.74, 6) is 0.0568. The fourth-order valence-corrected chi connectivity index (χ4v) is 2.20. The molecule has 0 atom stereocenters. The minimum Gasteiger partial charge on any atom is -0.333 e. The second-order valence-electron chi connectivity index (χ2n) is 4.59. The summed E-state index contributed by atoms with van der Waals surface area (Å²) in [6.07, 6.45) is 5.38. The molecule has 1 heterocycles. The largest absolute Gasteiger partial charge is 0.333 e. The summed E-state index contributed by atoms with van der Waals surface area (Å²) in [5.41, 5.74) is 2.46. The molecule has 0 radical (unpaired) electrons. The van der Waals surface area contributed by atoms with Crippen molar-refractivity contribution >= 4 is 5.78 Å². The first-order valence-corrected chi connectivity index (χ1v) is 6.48. The fourth-order valence-electron chi connectivity index (χ4n) is 2.20. The summed E-state index contributed by atoms with van der Waals surface area (Å²) in [4.78, 5) is 16.6. The molecule has 0 bridgehead atoms. The van der Waals surface area contributed by atoms with Crippen molar-refractivity contribution in [3.05, 3.63) is 90.0 Å². The maximum Gasteiger partial charge on any atom is 0.193 e. The van der Waals surface area contributed by atoms with Crippen LogP contribution in [0.25, 0.3) is 0 Å². The Morgan fingerprint density at radius 3 is 2.50 bits per heavy atom. The van der Waals surface area contributed by atoms with Gasteiger partial charge in [0.1, 0.15) is 0 Å². The molecule has 98 valence electrons. The Kier molecular flexibility index (Phi) is 3.42. The quantitative estimate of drug-likeness (QED) is 0.677. The number of carbonyl (C=O) groups excluding carboxylic acids is 1. The van der Waals surface area contributed by atoms with E-state index in [0.717, 1.165) is 11.1 Å². The second-order valence-corrected chi connectivity index (χ2v) is 4.59. The molecule has 20 heavy (non-hydrogen) atoms. The monoisotopic (exact) mass is 262 g/mol. The van der Waals surface area contributed by atoms with Crippen molar-refractivity contribution in [3.8, 4) is 0 Å². The van der Waals surface area contributed by atoms with Gasteiger partial charge in [-0.25, -0.2) is 4.98 Å². The van der Waals surface area contributed by atoms with Crippen LogP contribution in [0.1, 0.15) is 21.5 Å². The van der Waals surface area contributed by atoms with Gasteiger partial charge in [-0.15, -0.1) is 0 Å². The lowest BCUT2D eigenvalue weighted by Crippen LogP contribution is -2.08. The van der Waals surface area contributed by atoms with Crippen LogP contribution in [0.15, 0.2) is 73.3 Å². The van der Waals surface area contributed by atoms with Gasteiger partial charge in [-0.2, -0.15) is 0 Å². The van der Waals surface area contributed by atoms with Gasteiger partial charge in [0, 0.05) is 30.1 Å². The zero-order valence-corrected chi connectivity index (χ0v) is 10.9. The Bertz CT molecular complexity index is 703. The number of hydrogen-bond donors (Lipinski definition) is 0. The van der Waals surface area contributed by atoms with Crippen LogP contribution in [0.3, 0.4) is 0 Å². The molecule has 2 aromatic carbocycles. The molecule has 0 aliphatic heterocycles. The van der Waals surface area contributed by atoms with Crippen molar-refractivity contribution in [2.45, 2.75) is 6.54 Å². The van der Waals surface area contributed by atoms with Crippen LogP contribution in [-0.2, 0) is 6.54 Å². The van der Waals surface area contributed by atoms with Gasteiger partial charge in [0.2, 0.25) is 0 Å². The van der Waals surface area contributed by atoms with Crippen LogP contribution in [0.2, 0.25) is 0 Å². The fraction of sp³-hybridized carbons (Fsp3) is 0.0588. The first-order chi connectivity index (χ1) is 9.84. The van der Waals surface area contributed by atoms with E-state index in [1.807, 2.05) is 65.4 Å². The molecule has 0 N–H and O–H groups in total. The highest BCUT2D eigenvalue weighted by Crippen LogP contribution is 2.15. The maximum absolute atomic E-state index is 12.6. The van der Waals surface area contributed by atoms with Crippen LogP contribution in [-0.4, -0.2) is 15.3 Å². The SMILES string of the molecule is O=C(c1ccccc1)c1ccccc1Cn1ccnc1. The van der Waals surface area contributed by atoms with Crippen LogP contribution < -0.4 is 0 Å². The van der Waals surface area contributed by atoms with Crippen molar-refractivity contribution in [3.63, 3.8) is 0 Å². The third-order valence-corrected chi connectivity index (χ3v) is 3.21. The van der Waals surface area contributed by atoms with Gasteiger partial charge >= 0.3 is 0 Å². The number of carbonyl (C=O) groups is 1. The molecule has 0 saturated carbocycles. The normalized spacial score (nSPS) is 10.4. The maximum atomic E-state index is 12.6. The summed E-state index contributed by atoms with van der Waals surface area (Å²) < 4.78 is 1.96. The van der Waals surface area contributed by atoms with Crippen LogP contribution in [0, 0.1) is 0 Å². The van der Waals surface area contributed by atoms with Crippen LogP contribution in [0.5, 0.6) is 0 Å². The lowest BCUT2D eigenvalue weighted by atomic mass is 9.98.